The van der Waals surface area contributed by atoms with Crippen molar-refractivity contribution in [1.29, 1.82) is 0 Å². The minimum absolute atomic E-state index is 0.0336. The van der Waals surface area contributed by atoms with Crippen LogP contribution in [0.2, 0.25) is 5.02 Å². The van der Waals surface area contributed by atoms with Gasteiger partial charge in [-0.2, -0.15) is 0 Å². The quantitative estimate of drug-likeness (QED) is 0.246. The Bertz CT molecular complexity index is 1300. The maximum absolute atomic E-state index is 13.4. The lowest BCUT2D eigenvalue weighted by Gasteiger charge is -2.27. The highest BCUT2D eigenvalue weighted by Gasteiger charge is 2.47. The first-order valence-corrected chi connectivity index (χ1v) is 11.8. The second-order valence-electron chi connectivity index (χ2n) is 8.03. The van der Waals surface area contributed by atoms with Crippen LogP contribution in [0.5, 0.6) is 11.5 Å². The zero-order valence-electron chi connectivity index (χ0n) is 19.7. The van der Waals surface area contributed by atoms with Crippen molar-refractivity contribution in [2.45, 2.75) is 26.8 Å². The summed E-state index contributed by atoms with van der Waals surface area (Å²) < 4.78 is 11.1. The molecule has 0 spiro atoms. The van der Waals surface area contributed by atoms with E-state index in [-0.39, 0.29) is 21.9 Å². The number of hydrogen-bond acceptors (Lipinski definition) is 5. The first-order valence-electron chi connectivity index (χ1n) is 11.4. The monoisotopic (exact) mass is 491 g/mol. The van der Waals surface area contributed by atoms with E-state index in [0.717, 1.165) is 11.1 Å². The van der Waals surface area contributed by atoms with Crippen LogP contribution in [0.1, 0.15) is 36.6 Å². The SMILES string of the molecule is CCOc1ccc(N2C(=O)C(=O)/C(=C(/O)c3cc(OCC)ccc3Cl)C2c2ccccc2C)cc1. The van der Waals surface area contributed by atoms with E-state index < -0.39 is 17.7 Å². The number of aliphatic hydroxyl groups excluding tert-OH is 1. The lowest BCUT2D eigenvalue weighted by Crippen LogP contribution is -2.29. The number of ether oxygens (including phenoxy) is 2. The number of carbonyl (C=O) groups is 2. The Morgan fingerprint density at radius 3 is 2.23 bits per heavy atom. The maximum Gasteiger partial charge on any atom is 0.300 e. The highest BCUT2D eigenvalue weighted by molar-refractivity contribution is 6.52. The van der Waals surface area contributed by atoms with Crippen LogP contribution in [0.3, 0.4) is 0 Å². The van der Waals surface area contributed by atoms with Crippen LogP contribution in [-0.4, -0.2) is 30.0 Å². The average Bonchev–Trinajstić information content (AvgIpc) is 3.11. The second kappa shape index (κ2) is 10.2. The molecule has 3 aromatic carbocycles. The predicted octanol–water partition coefficient (Wildman–Crippen LogP) is 6.07. The highest BCUT2D eigenvalue weighted by atomic mass is 35.5. The van der Waals surface area contributed by atoms with Gasteiger partial charge < -0.3 is 14.6 Å². The van der Waals surface area contributed by atoms with Crippen molar-refractivity contribution in [1.82, 2.24) is 0 Å². The summed E-state index contributed by atoms with van der Waals surface area (Å²) in [5, 5.41) is 11.6. The van der Waals surface area contributed by atoms with E-state index in [1.165, 1.54) is 4.90 Å². The summed E-state index contributed by atoms with van der Waals surface area (Å²) in [5.74, 6) is -0.730. The molecule has 0 bridgehead atoms. The minimum atomic E-state index is -0.846. The number of Topliss-reactive ketones (excluding diaryl/α,β-unsaturated/α-hetero) is 1. The van der Waals surface area contributed by atoms with Gasteiger partial charge in [0.05, 0.1) is 29.9 Å². The number of nitrogens with zero attached hydrogens (tertiary/aromatic N) is 1. The van der Waals surface area contributed by atoms with E-state index in [4.69, 9.17) is 21.1 Å². The van der Waals surface area contributed by atoms with Gasteiger partial charge in [-0.3, -0.25) is 14.5 Å². The molecule has 1 N–H and O–H groups in total. The summed E-state index contributed by atoms with van der Waals surface area (Å²) in [6.07, 6.45) is 0. The molecule has 1 saturated heterocycles. The van der Waals surface area contributed by atoms with Gasteiger partial charge in [-0.25, -0.2) is 0 Å². The van der Waals surface area contributed by atoms with Gasteiger partial charge in [-0.15, -0.1) is 0 Å². The number of aryl methyl sites for hydroxylation is 1. The summed E-state index contributed by atoms with van der Waals surface area (Å²) in [7, 11) is 0. The number of halogens is 1. The number of hydrogen-bond donors (Lipinski definition) is 1. The Morgan fingerprint density at radius 1 is 0.943 bits per heavy atom. The molecule has 35 heavy (non-hydrogen) atoms. The second-order valence-corrected chi connectivity index (χ2v) is 8.43. The number of rotatable bonds is 7. The molecule has 0 aliphatic carbocycles. The van der Waals surface area contributed by atoms with Gasteiger partial charge in [-0.1, -0.05) is 35.9 Å². The molecule has 4 rings (SSSR count). The number of ketones is 1. The van der Waals surface area contributed by atoms with E-state index in [2.05, 4.69) is 0 Å². The Hall–Kier alpha value is -3.77. The maximum atomic E-state index is 13.4. The number of amides is 1. The molecule has 1 aliphatic rings. The number of aliphatic hydroxyl groups is 1. The molecule has 1 unspecified atom stereocenters. The fraction of sp³-hybridized carbons (Fsp3) is 0.214. The molecule has 6 nitrogen and oxygen atoms in total. The number of carbonyl (C=O) groups excluding carboxylic acids is 2. The molecule has 1 amide bonds. The first-order chi connectivity index (χ1) is 16.9. The van der Waals surface area contributed by atoms with Crippen LogP contribution < -0.4 is 14.4 Å². The largest absolute Gasteiger partial charge is 0.507 e. The van der Waals surface area contributed by atoms with Gasteiger partial charge in [0.25, 0.3) is 11.7 Å². The van der Waals surface area contributed by atoms with Crippen LogP contribution in [0.15, 0.2) is 72.3 Å². The third-order valence-electron chi connectivity index (χ3n) is 5.86. The summed E-state index contributed by atoms with van der Waals surface area (Å²) >= 11 is 6.41. The van der Waals surface area contributed by atoms with Gasteiger partial charge in [-0.05, 0) is 74.4 Å². The molecule has 7 heteroatoms. The van der Waals surface area contributed by atoms with Crippen molar-refractivity contribution in [3.05, 3.63) is 94.0 Å². The van der Waals surface area contributed by atoms with Gasteiger partial charge in [0.1, 0.15) is 17.3 Å². The van der Waals surface area contributed by atoms with Crippen molar-refractivity contribution in [2.75, 3.05) is 18.1 Å². The molecule has 1 heterocycles. The van der Waals surface area contributed by atoms with Crippen molar-refractivity contribution < 1.29 is 24.2 Å². The fourth-order valence-electron chi connectivity index (χ4n) is 4.24. The fourth-order valence-corrected chi connectivity index (χ4v) is 4.45. The summed E-state index contributed by atoms with van der Waals surface area (Å²) in [5.41, 5.74) is 2.29. The van der Waals surface area contributed by atoms with E-state index in [1.807, 2.05) is 45.0 Å². The minimum Gasteiger partial charge on any atom is -0.507 e. The Kier molecular flexibility index (Phi) is 7.12. The lowest BCUT2D eigenvalue weighted by molar-refractivity contribution is -0.132. The molecular formula is C28H26ClNO5. The van der Waals surface area contributed by atoms with Crippen LogP contribution in [0.4, 0.5) is 5.69 Å². The molecule has 0 saturated carbocycles. The molecule has 1 fully saturated rings. The van der Waals surface area contributed by atoms with Crippen molar-refractivity contribution in [3.63, 3.8) is 0 Å². The van der Waals surface area contributed by atoms with Crippen molar-refractivity contribution in [3.8, 4) is 11.5 Å². The lowest BCUT2D eigenvalue weighted by atomic mass is 9.92. The summed E-state index contributed by atoms with van der Waals surface area (Å²) in [4.78, 5) is 28.1. The Morgan fingerprint density at radius 2 is 1.57 bits per heavy atom. The molecule has 1 atom stereocenters. The Balaban J connectivity index is 1.93. The van der Waals surface area contributed by atoms with Gasteiger partial charge in [0, 0.05) is 11.3 Å². The van der Waals surface area contributed by atoms with Gasteiger partial charge >= 0.3 is 0 Å². The molecule has 180 valence electrons. The van der Waals surface area contributed by atoms with Crippen LogP contribution >= 0.6 is 11.6 Å². The van der Waals surface area contributed by atoms with Crippen LogP contribution in [0.25, 0.3) is 5.76 Å². The third kappa shape index (κ3) is 4.62. The van der Waals surface area contributed by atoms with Gasteiger partial charge in [0.2, 0.25) is 0 Å². The van der Waals surface area contributed by atoms with Crippen molar-refractivity contribution in [2.24, 2.45) is 0 Å². The molecular weight excluding hydrogens is 466 g/mol. The molecule has 3 aromatic rings. The van der Waals surface area contributed by atoms with E-state index >= 15 is 0 Å². The Labute approximate surface area is 209 Å². The normalized spacial score (nSPS) is 17.0. The smallest absolute Gasteiger partial charge is 0.300 e. The van der Waals surface area contributed by atoms with Crippen LogP contribution in [-0.2, 0) is 9.59 Å². The summed E-state index contributed by atoms with van der Waals surface area (Å²) in [6.45, 7) is 6.56. The zero-order chi connectivity index (χ0) is 25.1. The van der Waals surface area contributed by atoms with E-state index in [1.54, 1.807) is 42.5 Å². The zero-order valence-corrected chi connectivity index (χ0v) is 20.5. The summed E-state index contributed by atoms with van der Waals surface area (Å²) in [6, 6.07) is 18.4. The molecule has 0 radical (unpaired) electrons. The third-order valence-corrected chi connectivity index (χ3v) is 6.19. The van der Waals surface area contributed by atoms with E-state index in [9.17, 15) is 14.7 Å². The van der Waals surface area contributed by atoms with E-state index in [0.29, 0.717) is 30.4 Å². The highest BCUT2D eigenvalue weighted by Crippen LogP contribution is 2.44. The topological polar surface area (TPSA) is 76.1 Å². The standard InChI is InChI=1S/C28H26ClNO5/c1-4-34-19-12-10-18(11-13-19)30-25(21-9-7-6-8-17(21)3)24(27(32)28(30)33)26(31)22-16-20(35-5-2)14-15-23(22)29/h6-16,25,31H,4-5H2,1-3H3/b26-24+. The predicted molar refractivity (Wildman–Crippen MR) is 136 cm³/mol. The first kappa shape index (κ1) is 24.4. The average molecular weight is 492 g/mol. The molecule has 1 aliphatic heterocycles. The molecule has 0 aromatic heterocycles. The van der Waals surface area contributed by atoms with Crippen LogP contribution in [0, 0.1) is 6.92 Å². The van der Waals surface area contributed by atoms with Crippen molar-refractivity contribution >= 4 is 34.7 Å². The number of benzene rings is 3. The number of anilines is 1. The van der Waals surface area contributed by atoms with Gasteiger partial charge in [0.15, 0.2) is 0 Å².